The van der Waals surface area contributed by atoms with Crippen molar-refractivity contribution in [3.05, 3.63) is 52.8 Å². The molecule has 1 heterocycles. The molecule has 3 nitrogen and oxygen atoms in total. The highest BCUT2D eigenvalue weighted by Gasteiger charge is 2.03. The molecule has 0 saturated heterocycles. The zero-order chi connectivity index (χ0) is 13.8. The van der Waals surface area contributed by atoms with Gasteiger partial charge in [-0.2, -0.15) is 5.10 Å². The van der Waals surface area contributed by atoms with Crippen LogP contribution in [0.2, 0.25) is 0 Å². The zero-order valence-corrected chi connectivity index (χ0v) is 12.3. The molecule has 3 heteroatoms. The Bertz CT molecular complexity index is 541. The average molecular weight is 257 g/mol. The van der Waals surface area contributed by atoms with Crippen LogP contribution in [0.3, 0.4) is 0 Å². The second-order valence-electron chi connectivity index (χ2n) is 5.44. The van der Waals surface area contributed by atoms with Crippen molar-refractivity contribution in [2.75, 3.05) is 0 Å². The van der Waals surface area contributed by atoms with Gasteiger partial charge in [-0.15, -0.1) is 0 Å². The van der Waals surface area contributed by atoms with Gasteiger partial charge in [0.15, 0.2) is 0 Å². The van der Waals surface area contributed by atoms with Crippen LogP contribution in [-0.4, -0.2) is 15.8 Å². The van der Waals surface area contributed by atoms with Crippen LogP contribution < -0.4 is 5.32 Å². The van der Waals surface area contributed by atoms with Crippen molar-refractivity contribution in [3.63, 3.8) is 0 Å². The predicted octanol–water partition coefficient (Wildman–Crippen LogP) is 3.05. The van der Waals surface area contributed by atoms with Gasteiger partial charge in [-0.3, -0.25) is 4.68 Å². The normalized spacial score (nSPS) is 11.2. The van der Waals surface area contributed by atoms with Crippen LogP contribution in [0.4, 0.5) is 0 Å². The fourth-order valence-electron chi connectivity index (χ4n) is 2.17. The summed E-state index contributed by atoms with van der Waals surface area (Å²) >= 11 is 0. The third kappa shape index (κ3) is 3.93. The molecule has 2 aromatic rings. The van der Waals surface area contributed by atoms with E-state index in [1.54, 1.807) is 0 Å². The molecule has 0 atom stereocenters. The molecule has 102 valence electrons. The van der Waals surface area contributed by atoms with E-state index in [9.17, 15) is 0 Å². The van der Waals surface area contributed by atoms with Crippen molar-refractivity contribution in [3.8, 4) is 0 Å². The van der Waals surface area contributed by atoms with E-state index in [0.29, 0.717) is 6.04 Å². The maximum atomic E-state index is 4.51. The van der Waals surface area contributed by atoms with Gasteiger partial charge < -0.3 is 5.32 Å². The Morgan fingerprint density at radius 3 is 2.53 bits per heavy atom. The van der Waals surface area contributed by atoms with Crippen molar-refractivity contribution in [2.24, 2.45) is 0 Å². The summed E-state index contributed by atoms with van der Waals surface area (Å²) in [6.45, 7) is 10.2. The number of hydrogen-bond donors (Lipinski definition) is 1. The fraction of sp³-hybridized carbons (Fsp3) is 0.438. The molecule has 0 bridgehead atoms. The van der Waals surface area contributed by atoms with Crippen LogP contribution in [0.5, 0.6) is 0 Å². The third-order valence-corrected chi connectivity index (χ3v) is 3.14. The van der Waals surface area contributed by atoms with Gasteiger partial charge in [-0.25, -0.2) is 0 Å². The first-order valence-corrected chi connectivity index (χ1v) is 6.87. The molecule has 0 unspecified atom stereocenters. The predicted molar refractivity (Wildman–Crippen MR) is 79.2 cm³/mol. The van der Waals surface area contributed by atoms with Gasteiger partial charge in [0.2, 0.25) is 0 Å². The van der Waals surface area contributed by atoms with Crippen molar-refractivity contribution < 1.29 is 0 Å². The van der Waals surface area contributed by atoms with Crippen molar-refractivity contribution in [1.29, 1.82) is 0 Å². The molecule has 19 heavy (non-hydrogen) atoms. The molecule has 0 aliphatic carbocycles. The van der Waals surface area contributed by atoms with Gasteiger partial charge in [-0.1, -0.05) is 38.1 Å². The van der Waals surface area contributed by atoms with Crippen LogP contribution in [-0.2, 0) is 13.1 Å². The number of aromatic nitrogens is 2. The van der Waals surface area contributed by atoms with Crippen LogP contribution in [0.1, 0.15) is 36.4 Å². The monoisotopic (exact) mass is 257 g/mol. The summed E-state index contributed by atoms with van der Waals surface area (Å²) in [4.78, 5) is 0. The standard InChI is InChI=1S/C16H23N3/c1-12(2)17-10-15-6-5-7-16(9-15)11-19-14(4)8-13(3)18-19/h5-9,12,17H,10-11H2,1-4H3. The lowest BCUT2D eigenvalue weighted by Gasteiger charge is -2.10. The summed E-state index contributed by atoms with van der Waals surface area (Å²) < 4.78 is 2.06. The molecule has 0 aliphatic heterocycles. The maximum Gasteiger partial charge on any atom is 0.0662 e. The van der Waals surface area contributed by atoms with Crippen LogP contribution in [0.25, 0.3) is 0 Å². The molecule has 0 saturated carbocycles. The first-order valence-electron chi connectivity index (χ1n) is 6.87. The highest BCUT2D eigenvalue weighted by atomic mass is 15.3. The molecule has 2 rings (SSSR count). The minimum atomic E-state index is 0.514. The Balaban J connectivity index is 2.08. The number of aryl methyl sites for hydroxylation is 2. The number of rotatable bonds is 5. The second kappa shape index (κ2) is 6.02. The molecule has 1 N–H and O–H groups in total. The number of benzene rings is 1. The Labute approximate surface area is 115 Å². The largest absolute Gasteiger partial charge is 0.310 e. The third-order valence-electron chi connectivity index (χ3n) is 3.14. The van der Waals surface area contributed by atoms with Crippen LogP contribution in [0, 0.1) is 13.8 Å². The lowest BCUT2D eigenvalue weighted by molar-refractivity contribution is 0.587. The summed E-state index contributed by atoms with van der Waals surface area (Å²) in [6.07, 6.45) is 0. The maximum absolute atomic E-state index is 4.51. The van der Waals surface area contributed by atoms with E-state index >= 15 is 0 Å². The SMILES string of the molecule is Cc1cc(C)n(Cc2cccc(CNC(C)C)c2)n1. The van der Waals surface area contributed by atoms with Crippen LogP contribution >= 0.6 is 0 Å². The lowest BCUT2D eigenvalue weighted by atomic mass is 10.1. The molecule has 0 spiro atoms. The topological polar surface area (TPSA) is 29.9 Å². The van der Waals surface area contributed by atoms with E-state index in [2.05, 4.69) is 66.2 Å². The van der Waals surface area contributed by atoms with Gasteiger partial charge in [0.25, 0.3) is 0 Å². The second-order valence-corrected chi connectivity index (χ2v) is 5.44. The van der Waals surface area contributed by atoms with Gasteiger partial charge in [0.1, 0.15) is 0 Å². The molecule has 0 amide bonds. The summed E-state index contributed by atoms with van der Waals surface area (Å²) in [6, 6.07) is 11.3. The van der Waals surface area contributed by atoms with E-state index < -0.39 is 0 Å². The molecular formula is C16H23N3. The number of nitrogens with zero attached hydrogens (tertiary/aromatic N) is 2. The molecule has 0 radical (unpaired) electrons. The highest BCUT2D eigenvalue weighted by Crippen LogP contribution is 2.10. The minimum Gasteiger partial charge on any atom is -0.310 e. The number of nitrogens with one attached hydrogen (secondary N) is 1. The van der Waals surface area contributed by atoms with Crippen molar-refractivity contribution in [1.82, 2.24) is 15.1 Å². The smallest absolute Gasteiger partial charge is 0.0662 e. The molecule has 0 fully saturated rings. The van der Waals surface area contributed by atoms with Gasteiger partial charge in [0, 0.05) is 18.3 Å². The Hall–Kier alpha value is -1.61. The first-order chi connectivity index (χ1) is 9.04. The highest BCUT2D eigenvalue weighted by molar-refractivity contribution is 5.24. The molecular weight excluding hydrogens is 234 g/mol. The lowest BCUT2D eigenvalue weighted by Crippen LogP contribution is -2.21. The number of hydrogen-bond acceptors (Lipinski definition) is 2. The molecule has 1 aromatic carbocycles. The summed E-state index contributed by atoms with van der Waals surface area (Å²) in [5.41, 5.74) is 4.92. The first kappa shape index (κ1) is 13.8. The van der Waals surface area contributed by atoms with E-state index in [4.69, 9.17) is 0 Å². The molecule has 0 aliphatic rings. The zero-order valence-electron chi connectivity index (χ0n) is 12.3. The van der Waals surface area contributed by atoms with Crippen molar-refractivity contribution >= 4 is 0 Å². The fourth-order valence-corrected chi connectivity index (χ4v) is 2.17. The summed E-state index contributed by atoms with van der Waals surface area (Å²) in [5, 5.41) is 7.96. The van der Waals surface area contributed by atoms with E-state index in [1.165, 1.54) is 16.8 Å². The van der Waals surface area contributed by atoms with Crippen molar-refractivity contribution in [2.45, 2.75) is 46.8 Å². The van der Waals surface area contributed by atoms with E-state index in [-0.39, 0.29) is 0 Å². The average Bonchev–Trinajstić information content (AvgIpc) is 2.66. The van der Waals surface area contributed by atoms with E-state index in [1.807, 2.05) is 6.92 Å². The van der Waals surface area contributed by atoms with E-state index in [0.717, 1.165) is 18.8 Å². The Morgan fingerprint density at radius 1 is 1.16 bits per heavy atom. The minimum absolute atomic E-state index is 0.514. The Morgan fingerprint density at radius 2 is 1.89 bits per heavy atom. The summed E-state index contributed by atoms with van der Waals surface area (Å²) in [7, 11) is 0. The van der Waals surface area contributed by atoms with Gasteiger partial charge in [-0.05, 0) is 31.0 Å². The molecule has 1 aromatic heterocycles. The van der Waals surface area contributed by atoms with Crippen LogP contribution in [0.15, 0.2) is 30.3 Å². The van der Waals surface area contributed by atoms with Gasteiger partial charge in [0.05, 0.1) is 12.2 Å². The Kier molecular flexibility index (Phi) is 4.38. The quantitative estimate of drug-likeness (QED) is 0.892. The summed E-state index contributed by atoms with van der Waals surface area (Å²) in [5.74, 6) is 0. The van der Waals surface area contributed by atoms with Gasteiger partial charge >= 0.3 is 0 Å².